The van der Waals surface area contributed by atoms with Crippen LogP contribution in [0.2, 0.25) is 0 Å². The Balaban J connectivity index is 2.29. The molecule has 1 aromatic carbocycles. The number of nitrogens with one attached hydrogen (secondary N) is 1. The minimum atomic E-state index is 0.00209. The predicted molar refractivity (Wildman–Crippen MR) is 67.6 cm³/mol. The molecule has 17 heavy (non-hydrogen) atoms. The number of unbranched alkanes of at least 4 members (excludes halogenated alkanes) is 2. The van der Waals surface area contributed by atoms with E-state index in [1.165, 1.54) is 0 Å². The number of aliphatic hydroxyl groups is 2. The van der Waals surface area contributed by atoms with Gasteiger partial charge in [0.15, 0.2) is 0 Å². The molecule has 94 valence electrons. The lowest BCUT2D eigenvalue weighted by Crippen LogP contribution is -2.10. The van der Waals surface area contributed by atoms with Crippen LogP contribution in [-0.4, -0.2) is 22.4 Å². The summed E-state index contributed by atoms with van der Waals surface area (Å²) in [5, 5.41) is 11.4. The van der Waals surface area contributed by atoms with Crippen LogP contribution in [-0.2, 0) is 4.79 Å². The molecule has 3 N–H and O–H groups in total. The van der Waals surface area contributed by atoms with Gasteiger partial charge in [0, 0.05) is 30.8 Å². The van der Waals surface area contributed by atoms with E-state index in [4.69, 9.17) is 5.11 Å². The molecule has 1 rings (SSSR count). The van der Waals surface area contributed by atoms with E-state index >= 15 is 0 Å². The Morgan fingerprint density at radius 3 is 2.53 bits per heavy atom. The maximum absolute atomic E-state index is 11.5. The molecule has 1 amide bonds. The van der Waals surface area contributed by atoms with E-state index in [0.29, 0.717) is 6.42 Å². The number of carbonyl (C=O) groups is 1. The van der Waals surface area contributed by atoms with Crippen molar-refractivity contribution >= 4 is 11.6 Å². The fourth-order valence-corrected chi connectivity index (χ4v) is 1.45. The first kappa shape index (κ1) is 13.5. The summed E-state index contributed by atoms with van der Waals surface area (Å²) in [4.78, 5) is 11.5. The standard InChI is InChI=1S/C13H19NO3/c1-17-12-8-6-11(7-9-12)14-13(16)5-3-2-4-10-15/h6-9,15,17H,1-5,10H2,(H,14,16). The lowest BCUT2D eigenvalue weighted by atomic mass is 10.2. The quantitative estimate of drug-likeness (QED) is 0.330. The van der Waals surface area contributed by atoms with E-state index in [2.05, 4.69) is 17.2 Å². The topological polar surface area (TPSA) is 62.1 Å². The van der Waals surface area contributed by atoms with Crippen LogP contribution in [0.4, 0.5) is 5.69 Å². The van der Waals surface area contributed by atoms with Crippen molar-refractivity contribution in [3.63, 3.8) is 0 Å². The van der Waals surface area contributed by atoms with Gasteiger partial charge in [0.05, 0.1) is 0 Å². The van der Waals surface area contributed by atoms with Crippen molar-refractivity contribution < 1.29 is 14.6 Å². The molecule has 4 nitrogen and oxygen atoms in total. The highest BCUT2D eigenvalue weighted by Crippen LogP contribution is 2.16. The molecule has 0 aliphatic carbocycles. The molecule has 0 aliphatic rings. The van der Waals surface area contributed by atoms with E-state index in [-0.39, 0.29) is 12.5 Å². The molecule has 0 aliphatic heterocycles. The third-order valence-corrected chi connectivity index (χ3v) is 2.40. The van der Waals surface area contributed by atoms with Gasteiger partial charge in [-0.15, -0.1) is 0 Å². The van der Waals surface area contributed by atoms with E-state index in [1.807, 2.05) is 0 Å². The first-order valence-electron chi connectivity index (χ1n) is 5.74. The molecular weight excluding hydrogens is 218 g/mol. The van der Waals surface area contributed by atoms with Gasteiger partial charge in [0.1, 0.15) is 0 Å². The van der Waals surface area contributed by atoms with Crippen molar-refractivity contribution in [3.8, 4) is 5.75 Å². The molecule has 0 unspecified atom stereocenters. The maximum Gasteiger partial charge on any atom is 0.226 e. The number of rotatable bonds is 7. The second-order valence-corrected chi connectivity index (χ2v) is 3.79. The molecule has 0 heterocycles. The van der Waals surface area contributed by atoms with Gasteiger partial charge in [0.2, 0.25) is 11.7 Å². The average Bonchev–Trinajstić information content (AvgIpc) is 2.36. The van der Waals surface area contributed by atoms with E-state index in [9.17, 15) is 4.79 Å². The molecule has 4 heteroatoms. The zero-order valence-electron chi connectivity index (χ0n) is 9.85. The summed E-state index contributed by atoms with van der Waals surface area (Å²) >= 11 is 0. The summed E-state index contributed by atoms with van der Waals surface area (Å²) in [5.41, 5.74) is 0.768. The SMILES string of the molecule is [CH2-][OH+]c1ccc(NC(=O)CCCCCO)cc1. The van der Waals surface area contributed by atoms with E-state index in [1.54, 1.807) is 24.3 Å². The lowest BCUT2D eigenvalue weighted by Gasteiger charge is -2.06. The molecule has 0 saturated carbocycles. The Labute approximate surface area is 102 Å². The van der Waals surface area contributed by atoms with Crippen LogP contribution >= 0.6 is 0 Å². The van der Waals surface area contributed by atoms with Crippen LogP contribution in [0.3, 0.4) is 0 Å². The largest absolute Gasteiger partial charge is 0.722 e. The summed E-state index contributed by atoms with van der Waals surface area (Å²) in [6.07, 6.45) is 2.93. The minimum absolute atomic E-state index is 0.00209. The fourth-order valence-electron chi connectivity index (χ4n) is 1.45. The second-order valence-electron chi connectivity index (χ2n) is 3.79. The molecule has 0 atom stereocenters. The molecule has 1 aromatic rings. The number of amides is 1. The van der Waals surface area contributed by atoms with Gasteiger partial charge >= 0.3 is 0 Å². The first-order valence-corrected chi connectivity index (χ1v) is 5.74. The number of benzene rings is 1. The fraction of sp³-hybridized carbons (Fsp3) is 0.385. The maximum atomic E-state index is 11.5. The summed E-state index contributed by atoms with van der Waals surface area (Å²) < 4.78 is 3.77. The lowest BCUT2D eigenvalue weighted by molar-refractivity contribution is -0.116. The van der Waals surface area contributed by atoms with Crippen molar-refractivity contribution in [1.29, 1.82) is 0 Å². The Hall–Kier alpha value is -1.55. The first-order chi connectivity index (χ1) is 8.26. The highest BCUT2D eigenvalue weighted by Gasteiger charge is 2.02. The van der Waals surface area contributed by atoms with E-state index < -0.39 is 0 Å². The highest BCUT2D eigenvalue weighted by molar-refractivity contribution is 5.90. The zero-order valence-corrected chi connectivity index (χ0v) is 9.85. The Kier molecular flexibility index (Phi) is 6.10. The van der Waals surface area contributed by atoms with Crippen molar-refractivity contribution in [3.05, 3.63) is 31.4 Å². The van der Waals surface area contributed by atoms with Gasteiger partial charge < -0.3 is 15.2 Å². The van der Waals surface area contributed by atoms with Gasteiger partial charge in [-0.3, -0.25) is 4.79 Å². The molecular formula is C13H19NO3. The van der Waals surface area contributed by atoms with Crippen molar-refractivity contribution in [2.75, 3.05) is 11.9 Å². The van der Waals surface area contributed by atoms with E-state index in [0.717, 1.165) is 30.7 Å². The summed E-state index contributed by atoms with van der Waals surface area (Å²) in [6, 6.07) is 7.20. The van der Waals surface area contributed by atoms with Crippen molar-refractivity contribution in [2.45, 2.75) is 25.7 Å². The monoisotopic (exact) mass is 237 g/mol. The number of hydrogen-bond donors (Lipinski definition) is 2. The molecule has 0 bridgehead atoms. The van der Waals surface area contributed by atoms with Crippen molar-refractivity contribution in [1.82, 2.24) is 0 Å². The van der Waals surface area contributed by atoms with Gasteiger partial charge in [-0.2, -0.15) is 0 Å². The number of aromatic hydroxyl groups is 1. The summed E-state index contributed by atoms with van der Waals surface area (Å²) in [7, 11) is 3.42. The van der Waals surface area contributed by atoms with Crippen LogP contribution in [0, 0.1) is 7.11 Å². The van der Waals surface area contributed by atoms with Gasteiger partial charge in [-0.25, -0.2) is 0 Å². The van der Waals surface area contributed by atoms with Crippen molar-refractivity contribution in [2.24, 2.45) is 0 Å². The molecule has 0 spiro atoms. The minimum Gasteiger partial charge on any atom is -0.722 e. The van der Waals surface area contributed by atoms with Gasteiger partial charge in [-0.1, -0.05) is 6.42 Å². The molecule has 0 fully saturated rings. The average molecular weight is 237 g/mol. The second kappa shape index (κ2) is 7.68. The summed E-state index contributed by atoms with van der Waals surface area (Å²) in [6.45, 7) is 0.192. The van der Waals surface area contributed by atoms with Gasteiger partial charge in [0.25, 0.3) is 0 Å². The normalized spacial score (nSPS) is 10.0. The summed E-state index contributed by atoms with van der Waals surface area (Å²) in [5.74, 6) is 0.785. The Bertz CT molecular complexity index is 335. The number of aliphatic hydroxyl groups excluding tert-OH is 1. The van der Waals surface area contributed by atoms with Crippen LogP contribution in [0.5, 0.6) is 5.75 Å². The number of anilines is 1. The Morgan fingerprint density at radius 2 is 1.94 bits per heavy atom. The highest BCUT2D eigenvalue weighted by atomic mass is 16.5. The molecule has 0 saturated heterocycles. The molecule has 0 aromatic heterocycles. The predicted octanol–water partition coefficient (Wildman–Crippen LogP) is 2.21. The van der Waals surface area contributed by atoms with Crippen LogP contribution in [0.15, 0.2) is 24.3 Å². The molecule has 0 radical (unpaired) electrons. The van der Waals surface area contributed by atoms with Crippen LogP contribution < -0.4 is 5.32 Å². The van der Waals surface area contributed by atoms with Gasteiger partial charge in [-0.05, 0) is 32.1 Å². The number of ether oxygens (including phenoxy) is 1. The Morgan fingerprint density at radius 1 is 1.24 bits per heavy atom. The third-order valence-electron chi connectivity index (χ3n) is 2.40. The zero-order chi connectivity index (χ0) is 12.5. The van der Waals surface area contributed by atoms with Crippen LogP contribution in [0.25, 0.3) is 0 Å². The number of hydrogen-bond acceptors (Lipinski definition) is 2. The number of carbonyl (C=O) groups excluding carboxylic acids is 1. The third kappa shape index (κ3) is 5.36. The smallest absolute Gasteiger partial charge is 0.226 e. The van der Waals surface area contributed by atoms with Crippen LogP contribution in [0.1, 0.15) is 25.7 Å².